The average molecular weight is 396 g/mol. The van der Waals surface area contributed by atoms with E-state index in [9.17, 15) is 14.7 Å². The minimum Gasteiger partial charge on any atom is -0.508 e. The van der Waals surface area contributed by atoms with Crippen molar-refractivity contribution in [2.45, 2.75) is 38.8 Å². The van der Waals surface area contributed by atoms with Crippen LogP contribution in [0.3, 0.4) is 0 Å². The molecule has 1 aliphatic rings. The predicted octanol–water partition coefficient (Wildman–Crippen LogP) is 2.89. The van der Waals surface area contributed by atoms with Crippen LogP contribution >= 0.6 is 0 Å². The van der Waals surface area contributed by atoms with Gasteiger partial charge in [-0.25, -0.2) is 0 Å². The number of benzene rings is 2. The second-order valence-electron chi connectivity index (χ2n) is 7.33. The number of hydrogen-bond donors (Lipinski definition) is 2. The van der Waals surface area contributed by atoms with Gasteiger partial charge in [0.25, 0.3) is 5.91 Å². The molecule has 0 spiro atoms. The highest BCUT2D eigenvalue weighted by molar-refractivity contribution is 5.94. The van der Waals surface area contributed by atoms with E-state index in [1.165, 1.54) is 17.7 Å². The Kier molecular flexibility index (Phi) is 7.25. The lowest BCUT2D eigenvalue weighted by Crippen LogP contribution is -2.47. The summed E-state index contributed by atoms with van der Waals surface area (Å²) in [5.74, 6) is -0.119. The molecule has 0 aliphatic carbocycles. The number of aromatic hydroxyl groups is 1. The largest absolute Gasteiger partial charge is 0.508 e. The van der Waals surface area contributed by atoms with Crippen molar-refractivity contribution in [2.24, 2.45) is 0 Å². The number of unbranched alkanes of at least 4 members (excludes halogenated alkanes) is 1. The van der Waals surface area contributed by atoms with E-state index in [1.54, 1.807) is 17.0 Å². The van der Waals surface area contributed by atoms with Gasteiger partial charge in [-0.15, -0.1) is 0 Å². The van der Waals surface area contributed by atoms with Crippen LogP contribution in [-0.4, -0.2) is 47.6 Å². The van der Waals surface area contributed by atoms with Gasteiger partial charge in [0, 0.05) is 18.7 Å². The van der Waals surface area contributed by atoms with Gasteiger partial charge in [-0.2, -0.15) is 0 Å². The number of carbonyl (C=O) groups is 2. The van der Waals surface area contributed by atoms with Crippen molar-refractivity contribution in [1.82, 2.24) is 10.2 Å². The molecule has 29 heavy (non-hydrogen) atoms. The van der Waals surface area contributed by atoms with Crippen LogP contribution in [0.5, 0.6) is 5.75 Å². The van der Waals surface area contributed by atoms with Crippen molar-refractivity contribution in [3.05, 3.63) is 65.2 Å². The van der Waals surface area contributed by atoms with Crippen molar-refractivity contribution >= 4 is 11.8 Å². The summed E-state index contributed by atoms with van der Waals surface area (Å²) in [6, 6.07) is 14.2. The Hall–Kier alpha value is -2.86. The van der Waals surface area contributed by atoms with Gasteiger partial charge in [-0.05, 0) is 48.2 Å². The van der Waals surface area contributed by atoms with E-state index in [1.807, 2.05) is 18.2 Å². The zero-order valence-electron chi connectivity index (χ0n) is 16.8. The molecule has 1 atom stereocenters. The molecule has 2 N–H and O–H groups in total. The summed E-state index contributed by atoms with van der Waals surface area (Å²) in [6.07, 6.45) is 2.65. The van der Waals surface area contributed by atoms with Crippen molar-refractivity contribution in [3.63, 3.8) is 0 Å². The Balaban J connectivity index is 1.67. The van der Waals surface area contributed by atoms with Gasteiger partial charge in [0.05, 0.1) is 12.6 Å². The van der Waals surface area contributed by atoms with Crippen molar-refractivity contribution in [3.8, 4) is 5.75 Å². The number of hydrogen-bond acceptors (Lipinski definition) is 4. The SMILES string of the molecule is CCCCNC(=O)COCC1Cc2ccccc2CN1C(=O)c1ccc(O)cc1. The summed E-state index contributed by atoms with van der Waals surface area (Å²) in [7, 11) is 0. The summed E-state index contributed by atoms with van der Waals surface area (Å²) < 4.78 is 5.67. The maximum Gasteiger partial charge on any atom is 0.254 e. The molecule has 1 aliphatic heterocycles. The molecule has 6 heteroatoms. The zero-order valence-corrected chi connectivity index (χ0v) is 16.8. The lowest BCUT2D eigenvalue weighted by molar-refractivity contribution is -0.126. The van der Waals surface area contributed by atoms with Gasteiger partial charge >= 0.3 is 0 Å². The smallest absolute Gasteiger partial charge is 0.254 e. The molecule has 0 radical (unpaired) electrons. The number of carbonyl (C=O) groups excluding carboxylic acids is 2. The Bertz CT molecular complexity index is 835. The minimum atomic E-state index is -0.158. The summed E-state index contributed by atoms with van der Waals surface area (Å²) in [5, 5.41) is 12.3. The summed E-state index contributed by atoms with van der Waals surface area (Å²) in [6.45, 7) is 3.50. The standard InChI is InChI=1S/C23H28N2O4/c1-2-3-12-24-22(27)16-29-15-20-13-18-6-4-5-7-19(18)14-25(20)23(28)17-8-10-21(26)11-9-17/h4-11,20,26H,2-3,12-16H2,1H3,(H,24,27). The Morgan fingerprint density at radius 2 is 1.86 bits per heavy atom. The van der Waals surface area contributed by atoms with Gasteiger partial charge < -0.3 is 20.1 Å². The van der Waals surface area contributed by atoms with E-state index in [0.29, 0.717) is 31.7 Å². The molecule has 2 amide bonds. The molecule has 2 aromatic carbocycles. The molecule has 1 unspecified atom stereocenters. The highest BCUT2D eigenvalue weighted by atomic mass is 16.5. The maximum atomic E-state index is 13.1. The van der Waals surface area contributed by atoms with Gasteiger partial charge in [0.1, 0.15) is 12.4 Å². The van der Waals surface area contributed by atoms with E-state index in [4.69, 9.17) is 4.74 Å². The molecule has 6 nitrogen and oxygen atoms in total. The molecule has 154 valence electrons. The van der Waals surface area contributed by atoms with Crippen LogP contribution < -0.4 is 5.32 Å². The monoisotopic (exact) mass is 396 g/mol. The van der Waals surface area contributed by atoms with E-state index >= 15 is 0 Å². The third-order valence-electron chi connectivity index (χ3n) is 5.13. The number of rotatable bonds is 8. The first kappa shape index (κ1) is 20.9. The number of nitrogens with zero attached hydrogens (tertiary/aromatic N) is 1. The third-order valence-corrected chi connectivity index (χ3v) is 5.13. The first-order chi connectivity index (χ1) is 14.1. The Morgan fingerprint density at radius 3 is 2.59 bits per heavy atom. The molecule has 3 rings (SSSR count). The summed E-state index contributed by atoms with van der Waals surface area (Å²) in [5.41, 5.74) is 2.83. The van der Waals surface area contributed by atoms with Gasteiger partial charge in [0.2, 0.25) is 5.91 Å². The number of fused-ring (bicyclic) bond motifs is 1. The fraction of sp³-hybridized carbons (Fsp3) is 0.391. The highest BCUT2D eigenvalue weighted by Gasteiger charge is 2.30. The van der Waals surface area contributed by atoms with Crippen LogP contribution in [0.4, 0.5) is 0 Å². The molecule has 2 aromatic rings. The lowest BCUT2D eigenvalue weighted by atomic mass is 9.93. The minimum absolute atomic E-state index is 0.0108. The van der Waals surface area contributed by atoms with Crippen LogP contribution in [0.2, 0.25) is 0 Å². The molecule has 0 saturated heterocycles. The van der Waals surface area contributed by atoms with Gasteiger partial charge in [-0.3, -0.25) is 9.59 Å². The molecular formula is C23H28N2O4. The fourth-order valence-electron chi connectivity index (χ4n) is 3.49. The third kappa shape index (κ3) is 5.57. The predicted molar refractivity (Wildman–Crippen MR) is 111 cm³/mol. The number of phenolic OH excluding ortho intramolecular Hbond substituents is 1. The highest BCUT2D eigenvalue weighted by Crippen LogP contribution is 2.25. The number of phenols is 1. The van der Waals surface area contributed by atoms with Crippen LogP contribution in [-0.2, 0) is 22.5 Å². The number of nitrogens with one attached hydrogen (secondary N) is 1. The topological polar surface area (TPSA) is 78.9 Å². The molecular weight excluding hydrogens is 368 g/mol. The molecule has 0 bridgehead atoms. The van der Waals surface area contributed by atoms with E-state index in [0.717, 1.165) is 18.4 Å². The number of ether oxygens (including phenoxy) is 1. The second-order valence-corrected chi connectivity index (χ2v) is 7.33. The average Bonchev–Trinajstić information content (AvgIpc) is 2.73. The van der Waals surface area contributed by atoms with Crippen LogP contribution in [0, 0.1) is 0 Å². The van der Waals surface area contributed by atoms with Crippen molar-refractivity contribution < 1.29 is 19.4 Å². The lowest BCUT2D eigenvalue weighted by Gasteiger charge is -2.37. The molecule has 0 aromatic heterocycles. The normalized spacial score (nSPS) is 15.6. The van der Waals surface area contributed by atoms with Crippen molar-refractivity contribution in [1.29, 1.82) is 0 Å². The van der Waals surface area contributed by atoms with Gasteiger partial charge in [-0.1, -0.05) is 37.6 Å². The first-order valence-corrected chi connectivity index (χ1v) is 10.1. The van der Waals surface area contributed by atoms with Crippen molar-refractivity contribution in [2.75, 3.05) is 19.8 Å². The molecule has 0 saturated carbocycles. The summed E-state index contributed by atoms with van der Waals surface area (Å²) >= 11 is 0. The van der Waals surface area contributed by atoms with E-state index in [2.05, 4.69) is 18.3 Å². The second kappa shape index (κ2) is 10.1. The fourth-order valence-corrected chi connectivity index (χ4v) is 3.49. The van der Waals surface area contributed by atoms with Gasteiger partial charge in [0.15, 0.2) is 0 Å². The van der Waals surface area contributed by atoms with Crippen LogP contribution in [0.1, 0.15) is 41.3 Å². The van der Waals surface area contributed by atoms with E-state index < -0.39 is 0 Å². The molecule has 0 fully saturated rings. The van der Waals surface area contributed by atoms with Crippen LogP contribution in [0.15, 0.2) is 48.5 Å². The maximum absolute atomic E-state index is 13.1. The Labute approximate surface area is 171 Å². The number of amides is 2. The Morgan fingerprint density at radius 1 is 1.14 bits per heavy atom. The zero-order chi connectivity index (χ0) is 20.6. The summed E-state index contributed by atoms with van der Waals surface area (Å²) in [4.78, 5) is 26.8. The molecule has 1 heterocycles. The quantitative estimate of drug-likeness (QED) is 0.673. The first-order valence-electron chi connectivity index (χ1n) is 10.1. The van der Waals surface area contributed by atoms with Crippen LogP contribution in [0.25, 0.3) is 0 Å². The van der Waals surface area contributed by atoms with E-state index in [-0.39, 0.29) is 30.2 Å².